The van der Waals surface area contributed by atoms with Crippen LogP contribution in [-0.4, -0.2) is 27.9 Å². The Hall–Kier alpha value is -2.67. The number of piperidine rings is 1. The van der Waals surface area contributed by atoms with Crippen molar-refractivity contribution in [3.05, 3.63) is 65.2 Å². The Kier molecular flexibility index (Phi) is 4.23. The van der Waals surface area contributed by atoms with Crippen molar-refractivity contribution in [2.75, 3.05) is 0 Å². The molecule has 25 heavy (non-hydrogen) atoms. The maximum Gasteiger partial charge on any atom is 0.272 e. The second-order valence-electron chi connectivity index (χ2n) is 6.72. The third-order valence-corrected chi connectivity index (χ3v) is 5.09. The Balaban J connectivity index is 1.50. The van der Waals surface area contributed by atoms with Gasteiger partial charge in [-0.2, -0.15) is 0 Å². The van der Waals surface area contributed by atoms with Crippen LogP contribution >= 0.6 is 0 Å². The zero-order valence-corrected chi connectivity index (χ0v) is 13.9. The number of carbonyl (C=O) groups excluding carboxylic acids is 1. The number of aromatic nitrogens is 1. The van der Waals surface area contributed by atoms with Crippen LogP contribution in [0.3, 0.4) is 0 Å². The predicted octanol–water partition coefficient (Wildman–Crippen LogP) is 3.78. The van der Waals surface area contributed by atoms with Crippen LogP contribution in [-0.2, 0) is 0 Å². The third-order valence-electron chi connectivity index (χ3n) is 5.09. The summed E-state index contributed by atoms with van der Waals surface area (Å²) in [7, 11) is 0. The summed E-state index contributed by atoms with van der Waals surface area (Å²) in [5, 5.41) is 0. The van der Waals surface area contributed by atoms with Crippen molar-refractivity contribution in [3.63, 3.8) is 0 Å². The summed E-state index contributed by atoms with van der Waals surface area (Å²) in [6.45, 7) is 0. The lowest BCUT2D eigenvalue weighted by Gasteiger charge is -2.34. The standard InChI is InChI=1S/C21H19FN2O/c22-17-4-1-3-15(13-17)7-8-16-9-12-20(23-14-16)21(25)24-18-5-2-6-19(24)11-10-18/h1,3-4,9,12-14,18-19H,2,5-6,10-11H2. The molecule has 2 fully saturated rings. The Morgan fingerprint density at radius 2 is 1.80 bits per heavy atom. The van der Waals surface area contributed by atoms with E-state index in [4.69, 9.17) is 0 Å². The number of carbonyl (C=O) groups is 1. The number of fused-ring (bicyclic) bond motifs is 2. The number of halogens is 1. The Labute approximate surface area is 146 Å². The van der Waals surface area contributed by atoms with Crippen LogP contribution in [0.4, 0.5) is 4.39 Å². The molecule has 2 aliphatic heterocycles. The quantitative estimate of drug-likeness (QED) is 0.744. The molecule has 0 radical (unpaired) electrons. The Bertz CT molecular complexity index is 834. The molecular weight excluding hydrogens is 315 g/mol. The van der Waals surface area contributed by atoms with Crippen molar-refractivity contribution >= 4 is 5.91 Å². The molecule has 1 aromatic carbocycles. The van der Waals surface area contributed by atoms with Gasteiger partial charge in [0.15, 0.2) is 0 Å². The van der Waals surface area contributed by atoms with Crippen molar-refractivity contribution in [1.82, 2.24) is 9.88 Å². The summed E-state index contributed by atoms with van der Waals surface area (Å²) < 4.78 is 13.2. The van der Waals surface area contributed by atoms with E-state index in [1.165, 1.54) is 18.6 Å². The average molecular weight is 334 g/mol. The third kappa shape index (κ3) is 3.28. The van der Waals surface area contributed by atoms with Gasteiger partial charge in [0, 0.05) is 29.4 Å². The summed E-state index contributed by atoms with van der Waals surface area (Å²) >= 11 is 0. The second kappa shape index (κ2) is 6.68. The van der Waals surface area contributed by atoms with Crippen LogP contribution in [0.2, 0.25) is 0 Å². The van der Waals surface area contributed by atoms with Crippen molar-refractivity contribution in [1.29, 1.82) is 0 Å². The van der Waals surface area contributed by atoms with Crippen molar-refractivity contribution < 1.29 is 9.18 Å². The van der Waals surface area contributed by atoms with E-state index in [1.807, 2.05) is 4.90 Å². The number of hydrogen-bond acceptors (Lipinski definition) is 2. The van der Waals surface area contributed by atoms with E-state index in [0.717, 1.165) is 25.7 Å². The predicted molar refractivity (Wildman–Crippen MR) is 93.4 cm³/mol. The summed E-state index contributed by atoms with van der Waals surface area (Å²) in [5.41, 5.74) is 1.81. The molecule has 2 saturated heterocycles. The molecule has 0 aliphatic carbocycles. The molecule has 2 aliphatic rings. The molecule has 0 spiro atoms. The van der Waals surface area contributed by atoms with Gasteiger partial charge in [-0.25, -0.2) is 9.37 Å². The van der Waals surface area contributed by atoms with Gasteiger partial charge in [-0.1, -0.05) is 17.9 Å². The highest BCUT2D eigenvalue weighted by Gasteiger charge is 2.39. The molecule has 4 heteroatoms. The van der Waals surface area contributed by atoms with E-state index in [9.17, 15) is 9.18 Å². The summed E-state index contributed by atoms with van der Waals surface area (Å²) in [5.74, 6) is 5.61. The number of pyridine rings is 1. The highest BCUT2D eigenvalue weighted by Crippen LogP contribution is 2.36. The number of nitrogens with zero attached hydrogens (tertiary/aromatic N) is 2. The fourth-order valence-corrected chi connectivity index (χ4v) is 3.89. The Morgan fingerprint density at radius 3 is 2.48 bits per heavy atom. The molecule has 2 bridgehead atoms. The highest BCUT2D eigenvalue weighted by molar-refractivity contribution is 5.93. The number of hydrogen-bond donors (Lipinski definition) is 0. The van der Waals surface area contributed by atoms with Crippen LogP contribution in [0.25, 0.3) is 0 Å². The molecule has 4 rings (SSSR count). The van der Waals surface area contributed by atoms with E-state index >= 15 is 0 Å². The van der Waals surface area contributed by atoms with Gasteiger partial charge in [-0.3, -0.25) is 4.79 Å². The normalized spacial score (nSPS) is 21.6. The lowest BCUT2D eigenvalue weighted by Crippen LogP contribution is -2.44. The molecule has 126 valence electrons. The first-order chi connectivity index (χ1) is 12.2. The maximum absolute atomic E-state index is 13.2. The van der Waals surface area contributed by atoms with Gasteiger partial charge < -0.3 is 4.90 Å². The van der Waals surface area contributed by atoms with Gasteiger partial charge in [0.1, 0.15) is 11.5 Å². The van der Waals surface area contributed by atoms with Crippen molar-refractivity contribution in [3.8, 4) is 11.8 Å². The molecule has 3 nitrogen and oxygen atoms in total. The van der Waals surface area contributed by atoms with Crippen LogP contribution in [0.1, 0.15) is 53.7 Å². The molecular formula is C21H19FN2O. The van der Waals surface area contributed by atoms with Crippen LogP contribution < -0.4 is 0 Å². The first-order valence-corrected chi connectivity index (χ1v) is 8.77. The summed E-state index contributed by atoms with van der Waals surface area (Å²) in [6.07, 6.45) is 7.30. The van der Waals surface area contributed by atoms with E-state index in [2.05, 4.69) is 16.8 Å². The van der Waals surface area contributed by atoms with Gasteiger partial charge in [-0.05, 0) is 62.4 Å². The average Bonchev–Trinajstić information content (AvgIpc) is 2.88. The smallest absolute Gasteiger partial charge is 0.272 e. The minimum absolute atomic E-state index is 0.0387. The largest absolute Gasteiger partial charge is 0.331 e. The first-order valence-electron chi connectivity index (χ1n) is 8.77. The number of benzene rings is 1. The molecule has 1 aromatic heterocycles. The fourth-order valence-electron chi connectivity index (χ4n) is 3.89. The minimum Gasteiger partial charge on any atom is -0.331 e. The molecule has 2 aromatic rings. The molecule has 3 heterocycles. The van der Waals surface area contributed by atoms with Gasteiger partial charge in [0.05, 0.1) is 0 Å². The van der Waals surface area contributed by atoms with Gasteiger partial charge in [0.2, 0.25) is 0 Å². The van der Waals surface area contributed by atoms with E-state index < -0.39 is 0 Å². The molecule has 2 atom stereocenters. The summed E-state index contributed by atoms with van der Waals surface area (Å²) in [4.78, 5) is 19.1. The number of rotatable bonds is 1. The molecule has 0 N–H and O–H groups in total. The van der Waals surface area contributed by atoms with Gasteiger partial charge in [-0.15, -0.1) is 0 Å². The number of amides is 1. The van der Waals surface area contributed by atoms with Crippen LogP contribution in [0, 0.1) is 17.7 Å². The first kappa shape index (κ1) is 15.8. The lowest BCUT2D eigenvalue weighted by atomic mass is 10.0. The van der Waals surface area contributed by atoms with Crippen molar-refractivity contribution in [2.45, 2.75) is 44.2 Å². The van der Waals surface area contributed by atoms with E-state index in [0.29, 0.717) is 28.9 Å². The molecule has 2 unspecified atom stereocenters. The fraction of sp³-hybridized carbons (Fsp3) is 0.333. The maximum atomic E-state index is 13.2. The SMILES string of the molecule is O=C(c1ccc(C#Cc2cccc(F)c2)cn1)N1C2CCCC1CC2. The minimum atomic E-state index is -0.304. The zero-order valence-electron chi connectivity index (χ0n) is 13.9. The van der Waals surface area contributed by atoms with Gasteiger partial charge in [0.25, 0.3) is 5.91 Å². The molecule has 1 amide bonds. The lowest BCUT2D eigenvalue weighted by molar-refractivity contribution is 0.0589. The van der Waals surface area contributed by atoms with E-state index in [1.54, 1.807) is 30.5 Å². The van der Waals surface area contributed by atoms with Gasteiger partial charge >= 0.3 is 0 Å². The van der Waals surface area contributed by atoms with Crippen LogP contribution in [0.5, 0.6) is 0 Å². The topological polar surface area (TPSA) is 33.2 Å². The van der Waals surface area contributed by atoms with Crippen molar-refractivity contribution in [2.24, 2.45) is 0 Å². The van der Waals surface area contributed by atoms with Crippen LogP contribution in [0.15, 0.2) is 42.6 Å². The highest BCUT2D eigenvalue weighted by atomic mass is 19.1. The monoisotopic (exact) mass is 334 g/mol. The van der Waals surface area contributed by atoms with E-state index in [-0.39, 0.29) is 11.7 Å². The summed E-state index contributed by atoms with van der Waals surface area (Å²) in [6, 6.07) is 10.5. The second-order valence-corrected chi connectivity index (χ2v) is 6.72. The Morgan fingerprint density at radius 1 is 1.04 bits per heavy atom. The molecule has 0 saturated carbocycles. The zero-order chi connectivity index (χ0) is 17.2.